The van der Waals surface area contributed by atoms with Gasteiger partial charge in [-0.1, -0.05) is 27.7 Å². The van der Waals surface area contributed by atoms with E-state index in [2.05, 4.69) is 34.6 Å². The molecule has 3 heteroatoms. The zero-order valence-corrected chi connectivity index (χ0v) is 12.3. The molecule has 0 spiro atoms. The number of carbonyl (C=O) groups excluding carboxylic acids is 2. The minimum atomic E-state index is -0.225. The lowest BCUT2D eigenvalue weighted by molar-refractivity contribution is -0.140. The lowest BCUT2D eigenvalue weighted by Gasteiger charge is -2.41. The maximum atomic E-state index is 12.1. The lowest BCUT2D eigenvalue weighted by atomic mass is 9.80. The van der Waals surface area contributed by atoms with E-state index in [0.717, 1.165) is 12.7 Å². The highest BCUT2D eigenvalue weighted by atomic mass is 16.2. The Balaban J connectivity index is 4.72. The van der Waals surface area contributed by atoms with Gasteiger partial charge in [-0.25, -0.2) is 0 Å². The Morgan fingerprint density at radius 3 is 2.06 bits per heavy atom. The average molecular weight is 241 g/mol. The highest BCUT2D eigenvalue weighted by Crippen LogP contribution is 2.31. The van der Waals surface area contributed by atoms with Gasteiger partial charge in [-0.05, 0) is 25.7 Å². The third kappa shape index (κ3) is 5.33. The molecule has 17 heavy (non-hydrogen) atoms. The summed E-state index contributed by atoms with van der Waals surface area (Å²) < 4.78 is 0. The molecule has 0 aromatic carbocycles. The highest BCUT2D eigenvalue weighted by Gasteiger charge is 2.33. The molecule has 0 aliphatic rings. The van der Waals surface area contributed by atoms with Crippen LogP contribution in [0.4, 0.5) is 0 Å². The fraction of sp³-hybridized carbons (Fsp3) is 0.857. The Morgan fingerprint density at radius 2 is 1.71 bits per heavy atom. The van der Waals surface area contributed by atoms with E-state index in [0.29, 0.717) is 6.42 Å². The van der Waals surface area contributed by atoms with Gasteiger partial charge in [-0.15, -0.1) is 0 Å². The number of hydrogen-bond acceptors (Lipinski definition) is 2. The van der Waals surface area contributed by atoms with Gasteiger partial charge in [-0.2, -0.15) is 0 Å². The van der Waals surface area contributed by atoms with Gasteiger partial charge in [0.25, 0.3) is 0 Å². The number of rotatable bonds is 5. The fourth-order valence-electron chi connectivity index (χ4n) is 2.29. The molecule has 0 saturated carbocycles. The van der Waals surface area contributed by atoms with Crippen molar-refractivity contribution in [3.63, 3.8) is 0 Å². The third-order valence-electron chi connectivity index (χ3n) is 3.07. The van der Waals surface area contributed by atoms with Gasteiger partial charge in [0.2, 0.25) is 5.91 Å². The van der Waals surface area contributed by atoms with E-state index < -0.39 is 0 Å². The first kappa shape index (κ1) is 16.1. The molecule has 0 rings (SSSR count). The molecular formula is C14H27NO2. The fourth-order valence-corrected chi connectivity index (χ4v) is 2.29. The second-order valence-electron chi connectivity index (χ2n) is 6.75. The van der Waals surface area contributed by atoms with Crippen LogP contribution in [-0.2, 0) is 9.59 Å². The SMILES string of the molecule is CC(CC=O)C(=O)N(C)C(C)(C)CC(C)(C)C. The smallest absolute Gasteiger partial charge is 0.226 e. The van der Waals surface area contributed by atoms with Crippen molar-refractivity contribution in [2.24, 2.45) is 11.3 Å². The van der Waals surface area contributed by atoms with E-state index in [1.807, 2.05) is 7.05 Å². The molecule has 0 aromatic heterocycles. The van der Waals surface area contributed by atoms with E-state index in [-0.39, 0.29) is 22.8 Å². The first-order chi connectivity index (χ1) is 7.51. The number of nitrogens with zero attached hydrogens (tertiary/aromatic N) is 1. The van der Waals surface area contributed by atoms with Crippen LogP contribution in [0.1, 0.15) is 54.4 Å². The zero-order valence-electron chi connectivity index (χ0n) is 12.3. The summed E-state index contributed by atoms with van der Waals surface area (Å²) >= 11 is 0. The lowest BCUT2D eigenvalue weighted by Crippen LogP contribution is -2.49. The van der Waals surface area contributed by atoms with Crippen molar-refractivity contribution < 1.29 is 9.59 Å². The standard InChI is InChI=1S/C14H27NO2/c1-11(8-9-16)12(17)15(7)14(5,6)10-13(2,3)4/h9,11H,8,10H2,1-7H3. The summed E-state index contributed by atoms with van der Waals surface area (Å²) in [7, 11) is 1.83. The molecule has 0 aromatic rings. The molecule has 0 saturated heterocycles. The van der Waals surface area contributed by atoms with E-state index in [1.165, 1.54) is 0 Å². The normalized spacial score (nSPS) is 14.3. The van der Waals surface area contributed by atoms with Gasteiger partial charge < -0.3 is 9.69 Å². The molecule has 0 aliphatic carbocycles. The monoisotopic (exact) mass is 241 g/mol. The van der Waals surface area contributed by atoms with Crippen LogP contribution < -0.4 is 0 Å². The predicted octanol–water partition coefficient (Wildman–Crippen LogP) is 2.88. The van der Waals surface area contributed by atoms with Crippen LogP contribution >= 0.6 is 0 Å². The quantitative estimate of drug-likeness (QED) is 0.694. The van der Waals surface area contributed by atoms with Crippen LogP contribution in [0.25, 0.3) is 0 Å². The van der Waals surface area contributed by atoms with E-state index in [9.17, 15) is 9.59 Å². The molecule has 1 unspecified atom stereocenters. The molecule has 0 N–H and O–H groups in total. The van der Waals surface area contributed by atoms with Crippen LogP contribution in [0.5, 0.6) is 0 Å². The molecule has 1 atom stereocenters. The molecule has 0 fully saturated rings. The molecule has 0 radical (unpaired) electrons. The van der Waals surface area contributed by atoms with Crippen molar-refractivity contribution in [1.29, 1.82) is 0 Å². The zero-order chi connectivity index (χ0) is 13.9. The van der Waals surface area contributed by atoms with E-state index in [1.54, 1.807) is 11.8 Å². The minimum absolute atomic E-state index is 0.0475. The van der Waals surface area contributed by atoms with Gasteiger partial charge in [0.05, 0.1) is 0 Å². The average Bonchev–Trinajstić information content (AvgIpc) is 2.12. The minimum Gasteiger partial charge on any atom is -0.340 e. The van der Waals surface area contributed by atoms with Crippen molar-refractivity contribution >= 4 is 12.2 Å². The molecule has 0 bridgehead atoms. The topological polar surface area (TPSA) is 37.4 Å². The van der Waals surface area contributed by atoms with Gasteiger partial charge >= 0.3 is 0 Å². The van der Waals surface area contributed by atoms with Gasteiger partial charge in [0.1, 0.15) is 6.29 Å². The van der Waals surface area contributed by atoms with E-state index in [4.69, 9.17) is 0 Å². The predicted molar refractivity (Wildman–Crippen MR) is 70.8 cm³/mol. The maximum Gasteiger partial charge on any atom is 0.226 e. The summed E-state index contributed by atoms with van der Waals surface area (Å²) in [5.74, 6) is -0.178. The number of hydrogen-bond donors (Lipinski definition) is 0. The summed E-state index contributed by atoms with van der Waals surface area (Å²) in [5, 5.41) is 0. The highest BCUT2D eigenvalue weighted by molar-refractivity contribution is 5.81. The Labute approximate surface area is 106 Å². The Kier molecular flexibility index (Phi) is 5.37. The Morgan fingerprint density at radius 1 is 1.24 bits per heavy atom. The first-order valence-corrected chi connectivity index (χ1v) is 6.22. The van der Waals surface area contributed by atoms with Crippen molar-refractivity contribution in [1.82, 2.24) is 4.90 Å². The number of aldehydes is 1. The van der Waals surface area contributed by atoms with Crippen molar-refractivity contribution in [2.45, 2.75) is 59.9 Å². The van der Waals surface area contributed by atoms with Gasteiger partial charge in [0.15, 0.2) is 0 Å². The van der Waals surface area contributed by atoms with Crippen molar-refractivity contribution in [3.8, 4) is 0 Å². The number of carbonyl (C=O) groups is 2. The molecule has 100 valence electrons. The first-order valence-electron chi connectivity index (χ1n) is 6.22. The maximum absolute atomic E-state index is 12.1. The molecule has 3 nitrogen and oxygen atoms in total. The molecule has 0 aliphatic heterocycles. The summed E-state index contributed by atoms with van der Waals surface area (Å²) in [6.07, 6.45) is 2.04. The van der Waals surface area contributed by atoms with E-state index >= 15 is 0 Å². The third-order valence-corrected chi connectivity index (χ3v) is 3.07. The molecular weight excluding hydrogens is 214 g/mol. The summed E-state index contributed by atoms with van der Waals surface area (Å²) in [6.45, 7) is 12.5. The summed E-state index contributed by atoms with van der Waals surface area (Å²) in [6, 6.07) is 0. The summed E-state index contributed by atoms with van der Waals surface area (Å²) in [5.41, 5.74) is -0.0155. The van der Waals surface area contributed by atoms with Crippen LogP contribution in [0.15, 0.2) is 0 Å². The van der Waals surface area contributed by atoms with Gasteiger partial charge in [-0.3, -0.25) is 4.79 Å². The largest absolute Gasteiger partial charge is 0.340 e. The molecule has 0 heterocycles. The Hall–Kier alpha value is -0.860. The molecule has 1 amide bonds. The number of amides is 1. The van der Waals surface area contributed by atoms with Crippen molar-refractivity contribution in [3.05, 3.63) is 0 Å². The second-order valence-corrected chi connectivity index (χ2v) is 6.75. The Bertz CT molecular complexity index is 276. The van der Waals surface area contributed by atoms with Crippen LogP contribution in [0.3, 0.4) is 0 Å². The van der Waals surface area contributed by atoms with Crippen LogP contribution in [0.2, 0.25) is 0 Å². The van der Waals surface area contributed by atoms with Crippen LogP contribution in [-0.4, -0.2) is 29.7 Å². The van der Waals surface area contributed by atoms with Crippen LogP contribution in [0, 0.1) is 11.3 Å². The second kappa shape index (κ2) is 5.65. The summed E-state index contributed by atoms with van der Waals surface area (Å²) in [4.78, 5) is 24.4. The van der Waals surface area contributed by atoms with Crippen molar-refractivity contribution in [2.75, 3.05) is 7.05 Å². The van der Waals surface area contributed by atoms with Gasteiger partial charge in [0, 0.05) is 24.9 Å².